The topological polar surface area (TPSA) is 226 Å². The van der Waals surface area contributed by atoms with E-state index < -0.39 is 37.5 Å². The largest absolute Gasteiger partial charge is 0.480 e. The van der Waals surface area contributed by atoms with E-state index in [1.807, 2.05) is 0 Å². The first-order chi connectivity index (χ1) is 13.4. The standard InChI is InChI=1S/C8H10N4O2.C5H12O5.C2H5NO2/c1-10-4-9-6-5(10)7(13)12(3)8(14)11(6)2;6-1-3(8)5(10)4(9)2-7;3-1-2(4)5/h4H,1-3H3;3-10H,1-2H2;1,3H2,(H,4,5)/t;3-,4+,5+;. The van der Waals surface area contributed by atoms with Gasteiger partial charge in [0, 0.05) is 21.1 Å². The Labute approximate surface area is 164 Å². The maximum absolute atomic E-state index is 11.7. The maximum atomic E-state index is 11.7. The van der Waals surface area contributed by atoms with Crippen molar-refractivity contribution in [1.82, 2.24) is 18.7 Å². The van der Waals surface area contributed by atoms with Gasteiger partial charge in [-0.25, -0.2) is 9.78 Å². The number of imidazole rings is 1. The summed E-state index contributed by atoms with van der Waals surface area (Å²) in [6.07, 6.45) is -2.77. The van der Waals surface area contributed by atoms with Gasteiger partial charge in [-0.1, -0.05) is 0 Å². The predicted octanol–water partition coefficient (Wildman–Crippen LogP) is -4.95. The van der Waals surface area contributed by atoms with Crippen LogP contribution in [0.4, 0.5) is 0 Å². The van der Waals surface area contributed by atoms with Crippen LogP contribution in [0.25, 0.3) is 11.2 Å². The Kier molecular flexibility index (Phi) is 11.0. The molecule has 3 atom stereocenters. The van der Waals surface area contributed by atoms with E-state index in [9.17, 15) is 14.4 Å². The van der Waals surface area contributed by atoms with E-state index >= 15 is 0 Å². The fourth-order valence-corrected chi connectivity index (χ4v) is 1.94. The van der Waals surface area contributed by atoms with Crippen LogP contribution in [0.3, 0.4) is 0 Å². The summed E-state index contributed by atoms with van der Waals surface area (Å²) in [7, 11) is 4.77. The van der Waals surface area contributed by atoms with Crippen molar-refractivity contribution in [3.63, 3.8) is 0 Å². The number of hydrogen-bond donors (Lipinski definition) is 7. The molecule has 166 valence electrons. The van der Waals surface area contributed by atoms with Crippen LogP contribution in [0, 0.1) is 0 Å². The monoisotopic (exact) mass is 421 g/mol. The molecule has 0 amide bonds. The number of aliphatic carboxylic acids is 1. The lowest BCUT2D eigenvalue weighted by Gasteiger charge is -2.19. The highest BCUT2D eigenvalue weighted by atomic mass is 16.4. The molecule has 0 spiro atoms. The highest BCUT2D eigenvalue weighted by Gasteiger charge is 2.22. The summed E-state index contributed by atoms with van der Waals surface area (Å²) in [5.41, 5.74) is 4.75. The van der Waals surface area contributed by atoms with Crippen molar-refractivity contribution in [3.8, 4) is 0 Å². The van der Waals surface area contributed by atoms with E-state index in [1.165, 1.54) is 17.9 Å². The SMILES string of the molecule is Cn1c(=O)c2c(ncn2C)n(C)c1=O.NCC(=O)O.OC[C@@H](O)[C@H](O)[C@@H](O)CO. The van der Waals surface area contributed by atoms with Crippen LogP contribution in [0.2, 0.25) is 0 Å². The fraction of sp³-hybridized carbons (Fsp3) is 0.600. The second kappa shape index (κ2) is 12.1. The van der Waals surface area contributed by atoms with Crippen LogP contribution in [0.15, 0.2) is 15.9 Å². The molecule has 0 saturated carbocycles. The number of aromatic nitrogens is 4. The minimum absolute atomic E-state index is 0.278. The summed E-state index contributed by atoms with van der Waals surface area (Å²) in [4.78, 5) is 36.4. The number of nitrogens with zero attached hydrogens (tertiary/aromatic N) is 4. The molecular formula is C15H27N5O9. The van der Waals surface area contributed by atoms with E-state index in [4.69, 9.17) is 30.6 Å². The minimum Gasteiger partial charge on any atom is -0.480 e. The third-order valence-corrected chi connectivity index (χ3v) is 3.65. The summed E-state index contributed by atoms with van der Waals surface area (Å²) in [6.45, 7) is -1.56. The van der Waals surface area contributed by atoms with E-state index in [1.54, 1.807) is 18.7 Å². The zero-order chi connectivity index (χ0) is 22.9. The van der Waals surface area contributed by atoms with Gasteiger partial charge in [-0.3, -0.25) is 18.7 Å². The molecule has 2 aromatic rings. The van der Waals surface area contributed by atoms with Gasteiger partial charge in [-0.2, -0.15) is 0 Å². The van der Waals surface area contributed by atoms with Gasteiger partial charge in [0.15, 0.2) is 11.2 Å². The third-order valence-electron chi connectivity index (χ3n) is 3.65. The van der Waals surface area contributed by atoms with Crippen LogP contribution in [-0.2, 0) is 25.9 Å². The molecule has 0 unspecified atom stereocenters. The van der Waals surface area contributed by atoms with Crippen molar-refractivity contribution in [2.24, 2.45) is 26.9 Å². The summed E-state index contributed by atoms with van der Waals surface area (Å²) >= 11 is 0. The smallest absolute Gasteiger partial charge is 0.332 e. The van der Waals surface area contributed by atoms with Crippen molar-refractivity contribution in [2.75, 3.05) is 19.8 Å². The van der Waals surface area contributed by atoms with Gasteiger partial charge < -0.3 is 40.9 Å². The van der Waals surface area contributed by atoms with Crippen LogP contribution in [0.5, 0.6) is 0 Å². The number of carboxylic acids is 1. The molecule has 0 saturated heterocycles. The number of carboxylic acid groups (broad SMARTS) is 1. The summed E-state index contributed by atoms with van der Waals surface area (Å²) in [5.74, 6) is -0.968. The average Bonchev–Trinajstić information content (AvgIpc) is 3.11. The molecule has 14 nitrogen and oxygen atoms in total. The van der Waals surface area contributed by atoms with Crippen LogP contribution in [0.1, 0.15) is 0 Å². The third kappa shape index (κ3) is 7.04. The quantitative estimate of drug-likeness (QED) is 0.242. The number of aliphatic hydroxyl groups is 5. The number of fused-ring (bicyclic) bond motifs is 1. The highest BCUT2D eigenvalue weighted by Crippen LogP contribution is 2.01. The number of rotatable bonds is 5. The zero-order valence-electron chi connectivity index (χ0n) is 16.2. The van der Waals surface area contributed by atoms with Gasteiger partial charge in [0.25, 0.3) is 5.56 Å². The Morgan fingerprint density at radius 3 is 1.90 bits per heavy atom. The second-order valence-electron chi connectivity index (χ2n) is 5.82. The molecule has 0 bridgehead atoms. The fourth-order valence-electron chi connectivity index (χ4n) is 1.94. The van der Waals surface area contributed by atoms with Crippen molar-refractivity contribution in [3.05, 3.63) is 27.2 Å². The van der Waals surface area contributed by atoms with E-state index in [-0.39, 0.29) is 17.8 Å². The number of aryl methyl sites for hydroxylation is 2. The Bertz CT molecular complexity index is 894. The Hall–Kier alpha value is -2.62. The molecule has 2 aromatic heterocycles. The first kappa shape index (κ1) is 26.4. The van der Waals surface area contributed by atoms with Crippen molar-refractivity contribution in [2.45, 2.75) is 18.3 Å². The Morgan fingerprint density at radius 2 is 1.52 bits per heavy atom. The van der Waals surface area contributed by atoms with Crippen molar-refractivity contribution < 1.29 is 35.4 Å². The normalized spacial score (nSPS) is 13.6. The molecule has 14 heteroatoms. The van der Waals surface area contributed by atoms with E-state index in [0.29, 0.717) is 11.2 Å². The van der Waals surface area contributed by atoms with Gasteiger partial charge in [-0.05, 0) is 0 Å². The molecule has 2 heterocycles. The summed E-state index contributed by atoms with van der Waals surface area (Å²) in [5, 5.41) is 50.2. The molecule has 2 rings (SSSR count). The predicted molar refractivity (Wildman–Crippen MR) is 100 cm³/mol. The minimum atomic E-state index is -1.49. The van der Waals surface area contributed by atoms with Gasteiger partial charge in [0.2, 0.25) is 0 Å². The summed E-state index contributed by atoms with van der Waals surface area (Å²) < 4.78 is 4.04. The zero-order valence-corrected chi connectivity index (χ0v) is 16.2. The lowest BCUT2D eigenvalue weighted by molar-refractivity contribution is -0.135. The van der Waals surface area contributed by atoms with E-state index in [0.717, 1.165) is 4.57 Å². The van der Waals surface area contributed by atoms with E-state index in [2.05, 4.69) is 10.7 Å². The molecule has 0 aliphatic rings. The first-order valence-electron chi connectivity index (χ1n) is 8.19. The van der Waals surface area contributed by atoms with Crippen LogP contribution in [-0.4, -0.2) is 93.4 Å². The number of carbonyl (C=O) groups is 1. The van der Waals surface area contributed by atoms with Gasteiger partial charge in [0.05, 0.1) is 26.1 Å². The molecule has 8 N–H and O–H groups in total. The Morgan fingerprint density at radius 1 is 1.07 bits per heavy atom. The molecule has 0 aromatic carbocycles. The van der Waals surface area contributed by atoms with Crippen LogP contribution >= 0.6 is 0 Å². The molecule has 0 radical (unpaired) electrons. The summed E-state index contributed by atoms with van der Waals surface area (Å²) in [6, 6.07) is 0. The van der Waals surface area contributed by atoms with Gasteiger partial charge in [0.1, 0.15) is 18.3 Å². The van der Waals surface area contributed by atoms with Crippen molar-refractivity contribution in [1.29, 1.82) is 0 Å². The first-order valence-corrected chi connectivity index (χ1v) is 8.19. The molecule has 0 fully saturated rings. The highest BCUT2D eigenvalue weighted by molar-refractivity contribution is 5.69. The average molecular weight is 421 g/mol. The maximum Gasteiger partial charge on any atom is 0.332 e. The second-order valence-corrected chi connectivity index (χ2v) is 5.82. The molecule has 29 heavy (non-hydrogen) atoms. The lowest BCUT2D eigenvalue weighted by atomic mass is 10.1. The van der Waals surface area contributed by atoms with Crippen LogP contribution < -0.4 is 17.0 Å². The number of aliphatic hydroxyl groups excluding tert-OH is 5. The molecule has 0 aliphatic heterocycles. The van der Waals surface area contributed by atoms with Crippen molar-refractivity contribution >= 4 is 17.1 Å². The number of nitrogens with two attached hydrogens (primary N) is 1. The lowest BCUT2D eigenvalue weighted by Crippen LogP contribution is -2.41. The van der Waals surface area contributed by atoms with Gasteiger partial charge in [-0.15, -0.1) is 0 Å². The van der Waals surface area contributed by atoms with Gasteiger partial charge >= 0.3 is 11.7 Å². The Balaban J connectivity index is 0.000000459. The molecule has 0 aliphatic carbocycles. The number of hydrogen-bond acceptors (Lipinski definition) is 10. The molecular weight excluding hydrogens is 394 g/mol.